The van der Waals surface area contributed by atoms with E-state index in [1.165, 1.54) is 12.1 Å². The lowest BCUT2D eigenvalue weighted by Gasteiger charge is -2.05. The second-order valence-electron chi connectivity index (χ2n) is 5.82. The normalized spacial score (nSPS) is 19.3. The first-order valence-corrected chi connectivity index (χ1v) is 8.94. The van der Waals surface area contributed by atoms with Gasteiger partial charge in [0.15, 0.2) is 6.23 Å². The van der Waals surface area contributed by atoms with Gasteiger partial charge in [-0.3, -0.25) is 15.0 Å². The lowest BCUT2D eigenvalue weighted by atomic mass is 10.1. The van der Waals surface area contributed by atoms with Crippen LogP contribution in [0.25, 0.3) is 6.08 Å². The zero-order chi connectivity index (χ0) is 18.2. The maximum absolute atomic E-state index is 12.6. The maximum Gasteiger partial charge on any atom is 0.269 e. The second-order valence-corrected chi connectivity index (χ2v) is 7.60. The van der Waals surface area contributed by atoms with Crippen LogP contribution in [-0.4, -0.2) is 17.8 Å². The summed E-state index contributed by atoms with van der Waals surface area (Å²) < 4.78 is 26.1. The van der Waals surface area contributed by atoms with Crippen molar-refractivity contribution in [3.05, 3.63) is 75.3 Å². The summed E-state index contributed by atoms with van der Waals surface area (Å²) in [4.78, 5) is 15.4. The van der Waals surface area contributed by atoms with E-state index in [0.717, 1.165) is 33.3 Å². The molecule has 1 aliphatic heterocycles. The van der Waals surface area contributed by atoms with Gasteiger partial charge in [-0.25, -0.2) is 8.42 Å². The Balaban J connectivity index is 1.88. The van der Waals surface area contributed by atoms with Crippen LogP contribution in [0.1, 0.15) is 31.2 Å². The Kier molecular flexibility index (Phi) is 4.42. The van der Waals surface area contributed by atoms with E-state index in [1.54, 1.807) is 0 Å². The molecule has 25 heavy (non-hydrogen) atoms. The van der Waals surface area contributed by atoms with Crippen molar-refractivity contribution in [3.63, 3.8) is 0 Å². The number of hydroxylamine groups is 1. The van der Waals surface area contributed by atoms with E-state index in [9.17, 15) is 18.5 Å². The van der Waals surface area contributed by atoms with Crippen LogP contribution < -0.4 is 0 Å². The smallest absolute Gasteiger partial charge is 0.258 e. The van der Waals surface area contributed by atoms with Crippen molar-refractivity contribution in [2.75, 3.05) is 0 Å². The van der Waals surface area contributed by atoms with E-state index in [0.29, 0.717) is 0 Å². The van der Waals surface area contributed by atoms with Crippen molar-refractivity contribution in [2.24, 2.45) is 0 Å². The Morgan fingerprint density at radius 1 is 1.16 bits per heavy atom. The standard InChI is InChI=1S/C17H16N2O5S/c1-12(2)11-13-5-3-4-6-16(13)17-19(24-17)25(22,23)15-9-7-14(8-10-15)18(20)21/h3-11,17H,1-2H3. The number of rotatable bonds is 5. The van der Waals surface area contributed by atoms with Gasteiger partial charge in [0.1, 0.15) is 0 Å². The molecule has 130 valence electrons. The summed E-state index contributed by atoms with van der Waals surface area (Å²) in [5, 5.41) is 10.7. The zero-order valence-corrected chi connectivity index (χ0v) is 14.4. The van der Waals surface area contributed by atoms with Crippen molar-refractivity contribution < 1.29 is 18.2 Å². The number of nitro benzene ring substituents is 1. The van der Waals surface area contributed by atoms with Crippen LogP contribution in [0.15, 0.2) is 59.0 Å². The second kappa shape index (κ2) is 6.40. The molecule has 0 aromatic heterocycles. The fourth-order valence-electron chi connectivity index (χ4n) is 2.45. The van der Waals surface area contributed by atoms with E-state index in [4.69, 9.17) is 4.84 Å². The lowest BCUT2D eigenvalue weighted by Crippen LogP contribution is -2.12. The van der Waals surface area contributed by atoms with Gasteiger partial charge in [0.25, 0.3) is 15.7 Å². The zero-order valence-electron chi connectivity index (χ0n) is 13.6. The Morgan fingerprint density at radius 3 is 2.40 bits per heavy atom. The first kappa shape index (κ1) is 17.3. The van der Waals surface area contributed by atoms with Gasteiger partial charge in [0.05, 0.1) is 9.82 Å². The molecule has 2 aromatic rings. The van der Waals surface area contributed by atoms with Gasteiger partial charge in [-0.15, -0.1) is 0 Å². The molecule has 1 saturated heterocycles. The third-order valence-electron chi connectivity index (χ3n) is 3.64. The van der Waals surface area contributed by atoms with Gasteiger partial charge in [-0.1, -0.05) is 35.9 Å². The Morgan fingerprint density at radius 2 is 1.80 bits per heavy atom. The minimum atomic E-state index is -3.88. The fraction of sp³-hybridized carbons (Fsp3) is 0.176. The summed E-state index contributed by atoms with van der Waals surface area (Å²) in [6, 6.07) is 12.1. The molecule has 2 aromatic carbocycles. The molecule has 1 fully saturated rings. The molecule has 1 aliphatic rings. The highest BCUT2D eigenvalue weighted by molar-refractivity contribution is 7.89. The van der Waals surface area contributed by atoms with Crippen LogP contribution in [0.3, 0.4) is 0 Å². The van der Waals surface area contributed by atoms with Gasteiger partial charge in [0.2, 0.25) is 0 Å². The van der Waals surface area contributed by atoms with Crippen LogP contribution in [0, 0.1) is 10.1 Å². The van der Waals surface area contributed by atoms with Crippen LogP contribution in [0.2, 0.25) is 0 Å². The minimum absolute atomic E-state index is 0.0553. The molecule has 0 saturated carbocycles. The molecular formula is C17H16N2O5S. The lowest BCUT2D eigenvalue weighted by molar-refractivity contribution is -0.384. The molecule has 0 bridgehead atoms. The van der Waals surface area contributed by atoms with Crippen LogP contribution >= 0.6 is 0 Å². The van der Waals surface area contributed by atoms with Crippen molar-refractivity contribution in [2.45, 2.75) is 25.0 Å². The number of hydrogen-bond donors (Lipinski definition) is 0. The third kappa shape index (κ3) is 3.46. The summed E-state index contributed by atoms with van der Waals surface area (Å²) in [6.07, 6.45) is 1.25. The Labute approximate surface area is 145 Å². The molecule has 0 radical (unpaired) electrons. The predicted molar refractivity (Wildman–Crippen MR) is 91.7 cm³/mol. The third-order valence-corrected chi connectivity index (χ3v) is 5.26. The monoisotopic (exact) mass is 360 g/mol. The van der Waals surface area contributed by atoms with Crippen LogP contribution in [0.5, 0.6) is 0 Å². The predicted octanol–water partition coefficient (Wildman–Crippen LogP) is 3.65. The largest absolute Gasteiger partial charge is 0.269 e. The summed E-state index contributed by atoms with van der Waals surface area (Å²) in [6.45, 7) is 3.91. The van der Waals surface area contributed by atoms with Gasteiger partial charge in [-0.2, -0.15) is 0 Å². The SMILES string of the molecule is CC(C)=Cc1ccccc1C1ON1S(=O)(=O)c1ccc([N+](=O)[O-])cc1. The van der Waals surface area contributed by atoms with E-state index in [2.05, 4.69) is 0 Å². The quantitative estimate of drug-likeness (QED) is 0.461. The number of allylic oxidation sites excluding steroid dienone is 1. The van der Waals surface area contributed by atoms with E-state index in [-0.39, 0.29) is 10.6 Å². The number of non-ortho nitro benzene ring substituents is 1. The molecule has 3 rings (SSSR count). The molecule has 7 nitrogen and oxygen atoms in total. The Hall–Kier alpha value is -2.55. The molecule has 0 aliphatic carbocycles. The van der Waals surface area contributed by atoms with Crippen LogP contribution in [0.4, 0.5) is 5.69 Å². The van der Waals surface area contributed by atoms with Crippen molar-refractivity contribution >= 4 is 21.8 Å². The summed E-state index contributed by atoms with van der Waals surface area (Å²) in [7, 11) is -3.88. The Bertz CT molecular complexity index is 947. The van der Waals surface area contributed by atoms with Crippen molar-refractivity contribution in [3.8, 4) is 0 Å². The average molecular weight is 360 g/mol. The van der Waals surface area contributed by atoms with Gasteiger partial charge in [-0.05, 0) is 36.0 Å². The molecule has 2 atom stereocenters. The van der Waals surface area contributed by atoms with Crippen molar-refractivity contribution in [1.82, 2.24) is 4.47 Å². The first-order valence-electron chi connectivity index (χ1n) is 7.50. The highest BCUT2D eigenvalue weighted by atomic mass is 32.2. The molecular weight excluding hydrogens is 344 g/mol. The molecule has 8 heteroatoms. The van der Waals surface area contributed by atoms with Crippen molar-refractivity contribution in [1.29, 1.82) is 0 Å². The topological polar surface area (TPSA) is 92.8 Å². The number of benzene rings is 2. The van der Waals surface area contributed by atoms with Gasteiger partial charge >= 0.3 is 0 Å². The summed E-state index contributed by atoms with van der Waals surface area (Å²) in [5.74, 6) is 0. The minimum Gasteiger partial charge on any atom is -0.258 e. The number of nitro groups is 1. The highest BCUT2D eigenvalue weighted by Gasteiger charge is 2.49. The number of hydrogen-bond acceptors (Lipinski definition) is 5. The average Bonchev–Trinajstić information content (AvgIpc) is 3.36. The van der Waals surface area contributed by atoms with E-state index in [1.807, 2.05) is 44.2 Å². The highest BCUT2D eigenvalue weighted by Crippen LogP contribution is 2.43. The molecule has 1 heterocycles. The van der Waals surface area contributed by atoms with Gasteiger partial charge in [0, 0.05) is 17.7 Å². The van der Waals surface area contributed by atoms with Crippen LogP contribution in [-0.2, 0) is 14.9 Å². The molecule has 0 N–H and O–H groups in total. The maximum atomic E-state index is 12.6. The first-order chi connectivity index (χ1) is 11.8. The molecule has 0 spiro atoms. The molecule has 0 amide bonds. The number of sulfonamides is 1. The van der Waals surface area contributed by atoms with Gasteiger partial charge < -0.3 is 0 Å². The number of nitrogens with zero attached hydrogens (tertiary/aromatic N) is 2. The molecule has 2 unspecified atom stereocenters. The summed E-state index contributed by atoms with van der Waals surface area (Å²) >= 11 is 0. The van der Waals surface area contributed by atoms with E-state index >= 15 is 0 Å². The fourth-order valence-corrected chi connectivity index (χ4v) is 3.69. The summed E-state index contributed by atoms with van der Waals surface area (Å²) in [5.41, 5.74) is 2.54. The van der Waals surface area contributed by atoms with E-state index < -0.39 is 21.2 Å².